The van der Waals surface area contributed by atoms with Crippen LogP contribution in [0.2, 0.25) is 0 Å². The molecular weight excluding hydrogens is 320 g/mol. The second-order valence-electron chi connectivity index (χ2n) is 7.78. The van der Waals surface area contributed by atoms with E-state index in [4.69, 9.17) is 10.7 Å². The van der Waals surface area contributed by atoms with Crippen molar-refractivity contribution in [1.82, 2.24) is 9.97 Å². The molecule has 2 aromatic rings. The second-order valence-corrected chi connectivity index (χ2v) is 7.78. The molecule has 4 nitrogen and oxygen atoms in total. The van der Waals surface area contributed by atoms with Crippen molar-refractivity contribution in [3.63, 3.8) is 0 Å². The number of nitrogens with one attached hydrogen (secondary N) is 1. The van der Waals surface area contributed by atoms with E-state index in [2.05, 4.69) is 48.9 Å². The van der Waals surface area contributed by atoms with Crippen molar-refractivity contribution in [3.8, 4) is 0 Å². The zero-order valence-electron chi connectivity index (χ0n) is 16.4. The molecule has 2 aromatic heterocycles. The van der Waals surface area contributed by atoms with Crippen LogP contribution in [0.25, 0.3) is 5.57 Å². The Kier molecular flexibility index (Phi) is 5.42. The first-order chi connectivity index (χ1) is 12.3. The van der Waals surface area contributed by atoms with Crippen molar-refractivity contribution in [2.75, 3.05) is 5.32 Å². The number of rotatable bonds is 5. The first kappa shape index (κ1) is 18.6. The molecule has 3 rings (SSSR count). The molecule has 1 atom stereocenters. The van der Waals surface area contributed by atoms with Crippen LogP contribution in [0.1, 0.15) is 54.2 Å². The number of nitrogens with two attached hydrogens (primary N) is 1. The van der Waals surface area contributed by atoms with E-state index in [1.807, 2.05) is 13.8 Å². The van der Waals surface area contributed by atoms with Crippen LogP contribution < -0.4 is 11.1 Å². The number of aromatic nitrogens is 2. The minimum atomic E-state index is 0.219. The monoisotopic (exact) mass is 350 g/mol. The van der Waals surface area contributed by atoms with Gasteiger partial charge >= 0.3 is 0 Å². The molecule has 0 aromatic carbocycles. The summed E-state index contributed by atoms with van der Waals surface area (Å²) in [5.41, 5.74) is 15.1. The van der Waals surface area contributed by atoms with Gasteiger partial charge < -0.3 is 11.1 Å². The third-order valence-corrected chi connectivity index (χ3v) is 5.06. The first-order valence-corrected chi connectivity index (χ1v) is 9.49. The number of fused-ring (bicyclic) bond motifs is 1. The van der Waals surface area contributed by atoms with Gasteiger partial charge in [-0.25, -0.2) is 0 Å². The van der Waals surface area contributed by atoms with Crippen LogP contribution in [0.4, 0.5) is 5.69 Å². The Hall–Kier alpha value is -2.20. The zero-order valence-corrected chi connectivity index (χ0v) is 16.4. The highest BCUT2D eigenvalue weighted by Crippen LogP contribution is 2.31. The normalized spacial score (nSPS) is 16.5. The Morgan fingerprint density at radius 2 is 1.92 bits per heavy atom. The molecule has 4 heteroatoms. The third kappa shape index (κ3) is 4.13. The highest BCUT2D eigenvalue weighted by Gasteiger charge is 2.21. The number of pyridine rings is 2. The summed E-state index contributed by atoms with van der Waals surface area (Å²) in [4.78, 5) is 9.43. The first-order valence-electron chi connectivity index (χ1n) is 9.49. The predicted octanol–water partition coefficient (Wildman–Crippen LogP) is 4.19. The molecule has 0 spiro atoms. The molecule has 0 bridgehead atoms. The minimum Gasteiger partial charge on any atom is -0.379 e. The number of hydrogen-bond donors (Lipinski definition) is 2. The molecule has 1 aliphatic rings. The maximum absolute atomic E-state index is 6.15. The lowest BCUT2D eigenvalue weighted by molar-refractivity contribution is 0.565. The summed E-state index contributed by atoms with van der Waals surface area (Å²) in [6, 6.07) is 6.73. The fourth-order valence-electron chi connectivity index (χ4n) is 3.55. The molecule has 0 aliphatic heterocycles. The molecule has 1 aliphatic carbocycles. The van der Waals surface area contributed by atoms with Crippen LogP contribution in [-0.4, -0.2) is 16.0 Å². The average molecular weight is 351 g/mol. The van der Waals surface area contributed by atoms with Crippen molar-refractivity contribution in [2.24, 2.45) is 11.7 Å². The van der Waals surface area contributed by atoms with Gasteiger partial charge in [0.2, 0.25) is 0 Å². The zero-order chi connectivity index (χ0) is 18.8. The summed E-state index contributed by atoms with van der Waals surface area (Å²) in [6.45, 7) is 13.4. The van der Waals surface area contributed by atoms with Gasteiger partial charge in [-0.05, 0) is 67.5 Å². The highest BCUT2D eigenvalue weighted by molar-refractivity contribution is 5.74. The van der Waals surface area contributed by atoms with E-state index in [1.54, 1.807) is 0 Å². The third-order valence-electron chi connectivity index (χ3n) is 5.06. The van der Waals surface area contributed by atoms with Gasteiger partial charge in [0.25, 0.3) is 0 Å². The molecule has 0 fully saturated rings. The molecule has 0 radical (unpaired) electrons. The smallest absolute Gasteiger partial charge is 0.0893 e. The highest BCUT2D eigenvalue weighted by atomic mass is 14.9. The van der Waals surface area contributed by atoms with Gasteiger partial charge in [0.1, 0.15) is 0 Å². The van der Waals surface area contributed by atoms with Crippen molar-refractivity contribution < 1.29 is 0 Å². The van der Waals surface area contributed by atoms with E-state index in [0.29, 0.717) is 5.92 Å². The summed E-state index contributed by atoms with van der Waals surface area (Å²) in [5, 5.41) is 3.60. The Bertz CT molecular complexity index is 803. The van der Waals surface area contributed by atoms with Crippen molar-refractivity contribution >= 4 is 11.3 Å². The van der Waals surface area contributed by atoms with Gasteiger partial charge in [-0.2, -0.15) is 0 Å². The number of nitrogens with zero attached hydrogens (tertiary/aromatic N) is 2. The van der Waals surface area contributed by atoms with E-state index in [1.165, 1.54) is 11.1 Å². The van der Waals surface area contributed by atoms with Crippen LogP contribution in [0, 0.1) is 19.8 Å². The van der Waals surface area contributed by atoms with E-state index < -0.39 is 0 Å². The molecular formula is C22H30N4. The summed E-state index contributed by atoms with van der Waals surface area (Å²) < 4.78 is 0. The Balaban J connectivity index is 1.92. The SMILES string of the molecule is C=C(c1nc2c(cc1NCc1cc(C)nc(C)c1)CCC(N)C2)C(C)C. The lowest BCUT2D eigenvalue weighted by Gasteiger charge is -2.24. The molecule has 3 N–H and O–H groups in total. The van der Waals surface area contributed by atoms with Crippen LogP contribution in [0.5, 0.6) is 0 Å². The Morgan fingerprint density at radius 1 is 1.23 bits per heavy atom. The Morgan fingerprint density at radius 3 is 2.58 bits per heavy atom. The van der Waals surface area contributed by atoms with E-state index in [0.717, 1.165) is 59.8 Å². The second kappa shape index (κ2) is 7.58. The molecule has 0 saturated carbocycles. The van der Waals surface area contributed by atoms with Crippen molar-refractivity contribution in [2.45, 2.75) is 59.5 Å². The largest absolute Gasteiger partial charge is 0.379 e. The predicted molar refractivity (Wildman–Crippen MR) is 109 cm³/mol. The van der Waals surface area contributed by atoms with Crippen LogP contribution >= 0.6 is 0 Å². The molecule has 2 heterocycles. The van der Waals surface area contributed by atoms with Crippen LogP contribution in [0.15, 0.2) is 24.8 Å². The lowest BCUT2D eigenvalue weighted by Crippen LogP contribution is -2.29. The standard InChI is InChI=1S/C22H30N4/c1-13(2)16(5)22-21(10-18-6-7-19(23)11-20(18)26-22)24-12-17-8-14(3)25-15(4)9-17/h8-10,13,19,24H,5-7,11-12,23H2,1-4H3. The van der Waals surface area contributed by atoms with Gasteiger partial charge in [-0.3, -0.25) is 9.97 Å². The van der Waals surface area contributed by atoms with Crippen LogP contribution in [-0.2, 0) is 19.4 Å². The van der Waals surface area contributed by atoms with Crippen molar-refractivity contribution in [3.05, 3.63) is 58.7 Å². The Labute approximate surface area is 157 Å². The van der Waals surface area contributed by atoms with Gasteiger partial charge in [-0.15, -0.1) is 0 Å². The van der Waals surface area contributed by atoms with Gasteiger partial charge in [0.15, 0.2) is 0 Å². The summed E-state index contributed by atoms with van der Waals surface area (Å²) in [6.07, 6.45) is 2.89. The molecule has 0 saturated heterocycles. The van der Waals surface area contributed by atoms with Gasteiger partial charge in [-0.1, -0.05) is 20.4 Å². The maximum atomic E-state index is 6.15. The van der Waals surface area contributed by atoms with E-state index >= 15 is 0 Å². The minimum absolute atomic E-state index is 0.219. The number of hydrogen-bond acceptors (Lipinski definition) is 4. The summed E-state index contributed by atoms with van der Waals surface area (Å²) in [5.74, 6) is 0.351. The fourth-order valence-corrected chi connectivity index (χ4v) is 3.55. The van der Waals surface area contributed by atoms with Crippen molar-refractivity contribution in [1.29, 1.82) is 0 Å². The van der Waals surface area contributed by atoms with E-state index in [-0.39, 0.29) is 6.04 Å². The topological polar surface area (TPSA) is 63.8 Å². The molecule has 138 valence electrons. The summed E-state index contributed by atoms with van der Waals surface area (Å²) >= 11 is 0. The number of aryl methyl sites for hydroxylation is 3. The average Bonchev–Trinajstić information content (AvgIpc) is 2.57. The maximum Gasteiger partial charge on any atom is 0.0893 e. The van der Waals surface area contributed by atoms with E-state index in [9.17, 15) is 0 Å². The van der Waals surface area contributed by atoms with Crippen LogP contribution in [0.3, 0.4) is 0 Å². The fraction of sp³-hybridized carbons (Fsp3) is 0.455. The quantitative estimate of drug-likeness (QED) is 0.848. The lowest BCUT2D eigenvalue weighted by atomic mass is 9.90. The van der Waals surface area contributed by atoms with Gasteiger partial charge in [0, 0.05) is 36.1 Å². The number of anilines is 1. The number of allylic oxidation sites excluding steroid dienone is 1. The summed E-state index contributed by atoms with van der Waals surface area (Å²) in [7, 11) is 0. The van der Waals surface area contributed by atoms with Gasteiger partial charge in [0.05, 0.1) is 11.4 Å². The molecule has 26 heavy (non-hydrogen) atoms. The molecule has 1 unspecified atom stereocenters. The molecule has 0 amide bonds.